The first-order valence-corrected chi connectivity index (χ1v) is 15.1. The number of hydrogen-bond donors (Lipinski definition) is 2. The molecule has 2 aliphatic heterocycles. The summed E-state index contributed by atoms with van der Waals surface area (Å²) >= 11 is 0. The summed E-state index contributed by atoms with van der Waals surface area (Å²) in [7, 11) is 2.08. The second kappa shape index (κ2) is 14.3. The number of alkyl halides is 6. The van der Waals surface area contributed by atoms with Gasteiger partial charge in [-0.1, -0.05) is 36.4 Å². The zero-order valence-corrected chi connectivity index (χ0v) is 25.8. The molecule has 1 fully saturated rings. The summed E-state index contributed by atoms with van der Waals surface area (Å²) in [4.78, 5) is 40.5. The molecule has 0 radical (unpaired) electrons. The summed E-state index contributed by atoms with van der Waals surface area (Å²) in [6.07, 6.45) is -9.53. The predicted octanol–water partition coefficient (Wildman–Crippen LogP) is 5.35. The number of carbonyl (C=O) groups excluding carboxylic acids is 3. The van der Waals surface area contributed by atoms with E-state index < -0.39 is 36.3 Å². The molecule has 0 unspecified atom stereocenters. The number of nitrogens with zero attached hydrogens (tertiary/aromatic N) is 3. The van der Waals surface area contributed by atoms with Gasteiger partial charge in [0.2, 0.25) is 0 Å². The van der Waals surface area contributed by atoms with Gasteiger partial charge in [-0.2, -0.15) is 13.2 Å². The molecule has 1 atom stereocenters. The van der Waals surface area contributed by atoms with Crippen LogP contribution in [-0.2, 0) is 16.1 Å². The van der Waals surface area contributed by atoms with Gasteiger partial charge in [-0.3, -0.25) is 9.69 Å². The fourth-order valence-corrected chi connectivity index (χ4v) is 5.80. The van der Waals surface area contributed by atoms with Crippen LogP contribution in [0.2, 0.25) is 0 Å². The van der Waals surface area contributed by atoms with Crippen LogP contribution in [0.1, 0.15) is 34.9 Å². The maximum absolute atomic E-state index is 13.4. The fourth-order valence-electron chi connectivity index (χ4n) is 5.80. The van der Waals surface area contributed by atoms with Crippen LogP contribution < -0.4 is 15.4 Å². The van der Waals surface area contributed by atoms with Gasteiger partial charge >= 0.3 is 24.6 Å². The topological polar surface area (TPSA) is 105 Å². The number of carbonyl (C=O) groups is 3. The first-order valence-electron chi connectivity index (χ1n) is 15.1. The van der Waals surface area contributed by atoms with E-state index in [0.717, 1.165) is 38.3 Å². The number of piperazine rings is 1. The Morgan fingerprint density at radius 1 is 0.979 bits per heavy atom. The Morgan fingerprint density at radius 3 is 2.35 bits per heavy atom. The van der Waals surface area contributed by atoms with Gasteiger partial charge in [0, 0.05) is 63.1 Å². The number of halogens is 6. The molecule has 3 aromatic rings. The van der Waals surface area contributed by atoms with Crippen LogP contribution in [-0.4, -0.2) is 91.2 Å². The van der Waals surface area contributed by atoms with Crippen molar-refractivity contribution in [2.24, 2.45) is 0 Å². The molecule has 0 bridgehead atoms. The highest BCUT2D eigenvalue weighted by Gasteiger charge is 2.42. The SMILES string of the molecule is CN1CCN(Cc2ccc(-c3c(-c4cccc(OC(F)(F)F)c4)cn4c3C(=O)NC[C@@H]4CCCNC(=O)OC(=O)C(F)(F)F)cc2)CC1. The number of benzene rings is 2. The van der Waals surface area contributed by atoms with Crippen molar-refractivity contribution >= 4 is 18.0 Å². The van der Waals surface area contributed by atoms with Gasteiger partial charge in [-0.05, 0) is 48.7 Å². The number of fused-ring (bicyclic) bond motifs is 1. The highest BCUT2D eigenvalue weighted by Crippen LogP contribution is 2.41. The van der Waals surface area contributed by atoms with Crippen molar-refractivity contribution in [1.29, 1.82) is 0 Å². The number of ether oxygens (including phenoxy) is 2. The third-order valence-electron chi connectivity index (χ3n) is 8.16. The molecule has 0 spiro atoms. The molecule has 258 valence electrons. The van der Waals surface area contributed by atoms with Crippen LogP contribution in [0.3, 0.4) is 0 Å². The van der Waals surface area contributed by atoms with E-state index in [1.54, 1.807) is 16.8 Å². The minimum atomic E-state index is -5.32. The number of alkyl carbamates (subject to hydrolysis) is 1. The third kappa shape index (κ3) is 8.66. The van der Waals surface area contributed by atoms with E-state index in [1.165, 1.54) is 18.2 Å². The summed E-state index contributed by atoms with van der Waals surface area (Å²) in [5.74, 6) is -3.46. The highest BCUT2D eigenvalue weighted by molar-refractivity contribution is 6.05. The summed E-state index contributed by atoms with van der Waals surface area (Å²) in [6.45, 7) is 4.56. The van der Waals surface area contributed by atoms with E-state index in [0.29, 0.717) is 28.7 Å². The molecule has 3 heterocycles. The lowest BCUT2D eigenvalue weighted by Gasteiger charge is -2.32. The van der Waals surface area contributed by atoms with Crippen molar-refractivity contribution < 1.29 is 50.2 Å². The number of rotatable bonds is 9. The van der Waals surface area contributed by atoms with E-state index in [2.05, 4.69) is 37.0 Å². The molecular weight excluding hydrogens is 648 g/mol. The van der Waals surface area contributed by atoms with Gasteiger partial charge < -0.3 is 29.6 Å². The van der Waals surface area contributed by atoms with E-state index in [1.807, 2.05) is 24.3 Å². The molecule has 5 rings (SSSR count). The molecular formula is C32H33F6N5O5. The first kappa shape index (κ1) is 34.8. The van der Waals surface area contributed by atoms with Crippen LogP contribution in [0, 0.1) is 0 Å². The fraction of sp³-hybridized carbons (Fsp3) is 0.406. The van der Waals surface area contributed by atoms with Crippen molar-refractivity contribution in [1.82, 2.24) is 25.0 Å². The average molecular weight is 682 g/mol. The second-order valence-corrected chi connectivity index (χ2v) is 11.6. The molecule has 2 N–H and O–H groups in total. The zero-order valence-electron chi connectivity index (χ0n) is 25.8. The number of esters is 1. The lowest BCUT2D eigenvalue weighted by Crippen LogP contribution is -2.43. The lowest BCUT2D eigenvalue weighted by atomic mass is 9.95. The van der Waals surface area contributed by atoms with E-state index in [9.17, 15) is 40.7 Å². The zero-order chi connectivity index (χ0) is 34.6. The summed E-state index contributed by atoms with van der Waals surface area (Å²) < 4.78 is 85.9. The van der Waals surface area contributed by atoms with Gasteiger partial charge in [0.15, 0.2) is 0 Å². The summed E-state index contributed by atoms with van der Waals surface area (Å²) in [5.41, 5.74) is 3.36. The van der Waals surface area contributed by atoms with Crippen LogP contribution in [0.25, 0.3) is 22.3 Å². The molecule has 2 aromatic carbocycles. The predicted molar refractivity (Wildman–Crippen MR) is 161 cm³/mol. The Hall–Kier alpha value is -4.57. The largest absolute Gasteiger partial charge is 0.573 e. The number of nitrogens with one attached hydrogen (secondary N) is 2. The van der Waals surface area contributed by atoms with Crippen LogP contribution >= 0.6 is 0 Å². The normalized spacial score (nSPS) is 17.4. The van der Waals surface area contributed by atoms with Crippen molar-refractivity contribution in [3.63, 3.8) is 0 Å². The van der Waals surface area contributed by atoms with Crippen molar-refractivity contribution in [3.8, 4) is 28.0 Å². The second-order valence-electron chi connectivity index (χ2n) is 11.6. The van der Waals surface area contributed by atoms with E-state index >= 15 is 0 Å². The van der Waals surface area contributed by atoms with Gasteiger partial charge in [0.25, 0.3) is 5.91 Å². The van der Waals surface area contributed by atoms with Gasteiger partial charge in [-0.15, -0.1) is 13.2 Å². The molecule has 48 heavy (non-hydrogen) atoms. The van der Waals surface area contributed by atoms with Crippen molar-refractivity contribution in [2.75, 3.05) is 46.3 Å². The number of hydrogen-bond acceptors (Lipinski definition) is 7. The standard InChI is InChI=1S/C32H33F6N5O5/c1-41-12-14-42(15-13-41)18-20-7-9-21(10-8-20)26-25(22-4-2-6-24(16-22)48-32(36,37)38)19-43-23(17-40-28(44)27(26)43)5-3-11-39-30(46)47-29(45)31(33,34)35/h2,4,6-10,16,19,23H,3,5,11-15,17-18H2,1H3,(H,39,46)(H,40,44)/t23-/m0/s1. The molecule has 1 aromatic heterocycles. The third-order valence-corrected chi connectivity index (χ3v) is 8.16. The van der Waals surface area contributed by atoms with Gasteiger partial charge in [0.1, 0.15) is 11.4 Å². The van der Waals surface area contributed by atoms with Crippen LogP contribution in [0.15, 0.2) is 54.7 Å². The molecule has 0 aliphatic carbocycles. The lowest BCUT2D eigenvalue weighted by molar-refractivity contribution is -0.274. The molecule has 16 heteroatoms. The van der Waals surface area contributed by atoms with Gasteiger partial charge in [-0.25, -0.2) is 9.59 Å². The molecule has 2 amide bonds. The monoisotopic (exact) mass is 681 g/mol. The minimum absolute atomic E-state index is 0.129. The Kier molecular flexibility index (Phi) is 10.3. The maximum Gasteiger partial charge on any atom is 0.573 e. The molecule has 2 aliphatic rings. The summed E-state index contributed by atoms with van der Waals surface area (Å²) in [5, 5.41) is 4.94. The molecule has 10 nitrogen and oxygen atoms in total. The summed E-state index contributed by atoms with van der Waals surface area (Å²) in [6, 6.07) is 12.7. The quantitative estimate of drug-likeness (QED) is 0.136. The van der Waals surface area contributed by atoms with Crippen molar-refractivity contribution in [3.05, 3.63) is 66.0 Å². The highest BCUT2D eigenvalue weighted by atomic mass is 19.4. The van der Waals surface area contributed by atoms with E-state index in [4.69, 9.17) is 0 Å². The Morgan fingerprint density at radius 2 is 1.69 bits per heavy atom. The number of amides is 2. The Labute approximate surface area is 271 Å². The van der Waals surface area contributed by atoms with Crippen LogP contribution in [0.5, 0.6) is 5.75 Å². The Bertz CT molecular complexity index is 1630. The van der Waals surface area contributed by atoms with E-state index in [-0.39, 0.29) is 31.2 Å². The van der Waals surface area contributed by atoms with Crippen molar-refractivity contribution in [2.45, 2.75) is 38.0 Å². The van der Waals surface area contributed by atoms with Gasteiger partial charge in [0.05, 0.1) is 6.04 Å². The number of likely N-dealkylation sites (N-methyl/N-ethyl adjacent to an activating group) is 1. The van der Waals surface area contributed by atoms with Crippen LogP contribution in [0.4, 0.5) is 31.1 Å². The molecule has 0 saturated carbocycles. The average Bonchev–Trinajstić information content (AvgIpc) is 3.42. The first-order chi connectivity index (χ1) is 22.7. The smallest absolute Gasteiger partial charge is 0.406 e. The number of aromatic nitrogens is 1. The maximum atomic E-state index is 13.4. The minimum Gasteiger partial charge on any atom is -0.406 e. The Balaban J connectivity index is 1.41. The molecule has 1 saturated heterocycles.